The molecule has 0 fully saturated rings. The molecule has 0 radical (unpaired) electrons. The van der Waals surface area contributed by atoms with Gasteiger partial charge >= 0.3 is 0 Å². The van der Waals surface area contributed by atoms with E-state index in [0.717, 1.165) is 32.1 Å². The Bertz CT molecular complexity index is 568. The molecule has 1 aromatic carbocycles. The van der Waals surface area contributed by atoms with E-state index >= 15 is 0 Å². The molecule has 5 heteroatoms. The molecule has 23 heavy (non-hydrogen) atoms. The van der Waals surface area contributed by atoms with Gasteiger partial charge in [0.05, 0.1) is 6.61 Å². The molecule has 0 amide bonds. The molecular weight excluding hydrogens is 308 g/mol. The molecule has 0 spiro atoms. The summed E-state index contributed by atoms with van der Waals surface area (Å²) in [7, 11) is 0. The highest BCUT2D eigenvalue weighted by molar-refractivity contribution is 5.34. The normalized spacial score (nSPS) is 23.2. The molecular formula is C18H22F4O. The molecule has 128 valence electrons. The number of allylic oxidation sites excluding steroid dienone is 2. The minimum atomic E-state index is -1.45. The Balaban J connectivity index is 2.21. The number of hydrogen-bond donors (Lipinski definition) is 0. The molecule has 0 aromatic heterocycles. The number of hydrogen-bond acceptors (Lipinski definition) is 1. The SMILES string of the molecule is CCc1c(F)c(F)c(OCC2(C)CC/C=C\CCC2)c(F)c1F. The van der Waals surface area contributed by atoms with Crippen molar-refractivity contribution in [1.82, 2.24) is 0 Å². The van der Waals surface area contributed by atoms with Crippen LogP contribution in [0.4, 0.5) is 17.6 Å². The first-order valence-corrected chi connectivity index (χ1v) is 8.02. The van der Waals surface area contributed by atoms with Crippen molar-refractivity contribution >= 4 is 0 Å². The van der Waals surface area contributed by atoms with Gasteiger partial charge in [0.2, 0.25) is 11.6 Å². The van der Waals surface area contributed by atoms with E-state index in [2.05, 4.69) is 12.2 Å². The molecule has 0 heterocycles. The fraction of sp³-hybridized carbons (Fsp3) is 0.556. The fourth-order valence-corrected chi connectivity index (χ4v) is 2.92. The van der Waals surface area contributed by atoms with Crippen LogP contribution < -0.4 is 4.74 Å². The Morgan fingerprint density at radius 3 is 2.17 bits per heavy atom. The van der Waals surface area contributed by atoms with E-state index < -0.39 is 34.6 Å². The number of benzene rings is 1. The van der Waals surface area contributed by atoms with Crippen LogP contribution in [0.5, 0.6) is 5.75 Å². The van der Waals surface area contributed by atoms with Crippen molar-refractivity contribution in [2.24, 2.45) is 5.41 Å². The molecule has 0 saturated carbocycles. The fourth-order valence-electron chi connectivity index (χ4n) is 2.92. The lowest BCUT2D eigenvalue weighted by Crippen LogP contribution is -2.26. The third-order valence-electron chi connectivity index (χ3n) is 4.46. The zero-order valence-corrected chi connectivity index (χ0v) is 13.5. The lowest BCUT2D eigenvalue weighted by Gasteiger charge is -2.30. The van der Waals surface area contributed by atoms with Crippen molar-refractivity contribution in [2.75, 3.05) is 6.61 Å². The molecule has 0 bridgehead atoms. The number of halogens is 4. The second kappa shape index (κ2) is 7.37. The molecule has 2 rings (SSSR count). The topological polar surface area (TPSA) is 9.23 Å². The maximum atomic E-state index is 14.0. The van der Waals surface area contributed by atoms with Crippen molar-refractivity contribution < 1.29 is 22.3 Å². The van der Waals surface area contributed by atoms with Gasteiger partial charge < -0.3 is 4.74 Å². The molecule has 0 saturated heterocycles. The lowest BCUT2D eigenvalue weighted by atomic mass is 9.80. The summed E-state index contributed by atoms with van der Waals surface area (Å²) in [6, 6.07) is 0. The Morgan fingerprint density at radius 1 is 0.957 bits per heavy atom. The summed E-state index contributed by atoms with van der Waals surface area (Å²) < 4.78 is 60.8. The average Bonchev–Trinajstić information content (AvgIpc) is 2.50. The molecule has 0 aliphatic heterocycles. The van der Waals surface area contributed by atoms with E-state index in [1.165, 1.54) is 6.92 Å². The minimum Gasteiger partial charge on any atom is -0.487 e. The van der Waals surface area contributed by atoms with E-state index in [1.807, 2.05) is 6.92 Å². The molecule has 1 unspecified atom stereocenters. The van der Waals surface area contributed by atoms with Crippen LogP contribution >= 0.6 is 0 Å². The van der Waals surface area contributed by atoms with E-state index in [9.17, 15) is 17.6 Å². The first kappa shape index (κ1) is 17.8. The van der Waals surface area contributed by atoms with Gasteiger partial charge in [0, 0.05) is 11.0 Å². The standard InChI is InChI=1S/C18H22F4O/c1-3-12-13(19)15(21)17(16(22)14(12)20)23-11-18(2)9-7-5-4-6-8-10-18/h4-5H,3,6-11H2,1-2H3/b5-4-. The monoisotopic (exact) mass is 330 g/mol. The zero-order chi connectivity index (χ0) is 17.0. The van der Waals surface area contributed by atoms with Gasteiger partial charge in [0.1, 0.15) is 0 Å². The van der Waals surface area contributed by atoms with Crippen LogP contribution in [0, 0.1) is 28.7 Å². The molecule has 1 aromatic rings. The largest absolute Gasteiger partial charge is 0.487 e. The lowest BCUT2D eigenvalue weighted by molar-refractivity contribution is 0.127. The summed E-state index contributed by atoms with van der Waals surface area (Å²) >= 11 is 0. The Hall–Kier alpha value is -1.52. The second-order valence-electron chi connectivity index (χ2n) is 6.42. The Labute approximate surface area is 134 Å². The highest BCUT2D eigenvalue weighted by Gasteiger charge is 2.29. The first-order chi connectivity index (χ1) is 10.9. The number of ether oxygens (including phenoxy) is 1. The third-order valence-corrected chi connectivity index (χ3v) is 4.46. The van der Waals surface area contributed by atoms with Gasteiger partial charge in [-0.05, 0) is 38.5 Å². The minimum absolute atomic E-state index is 0.0268. The Morgan fingerprint density at radius 2 is 1.57 bits per heavy atom. The van der Waals surface area contributed by atoms with Crippen LogP contribution in [0.15, 0.2) is 12.2 Å². The van der Waals surface area contributed by atoms with Gasteiger partial charge in [-0.1, -0.05) is 26.0 Å². The first-order valence-electron chi connectivity index (χ1n) is 8.02. The van der Waals surface area contributed by atoms with Gasteiger partial charge in [0.25, 0.3) is 0 Å². The van der Waals surface area contributed by atoms with Gasteiger partial charge in [-0.15, -0.1) is 0 Å². The van der Waals surface area contributed by atoms with Crippen molar-refractivity contribution in [3.05, 3.63) is 41.0 Å². The van der Waals surface area contributed by atoms with Crippen LogP contribution in [0.25, 0.3) is 0 Å². The van der Waals surface area contributed by atoms with E-state index in [-0.39, 0.29) is 18.4 Å². The average molecular weight is 330 g/mol. The predicted octanol–water partition coefficient (Wildman–Crippen LogP) is 5.71. The predicted molar refractivity (Wildman–Crippen MR) is 81.5 cm³/mol. The van der Waals surface area contributed by atoms with Crippen LogP contribution in [-0.2, 0) is 6.42 Å². The summed E-state index contributed by atoms with van der Waals surface area (Å²) in [5, 5.41) is 0. The van der Waals surface area contributed by atoms with Crippen molar-refractivity contribution in [2.45, 2.75) is 52.4 Å². The van der Waals surface area contributed by atoms with Gasteiger partial charge in [0.15, 0.2) is 17.4 Å². The highest BCUT2D eigenvalue weighted by Crippen LogP contribution is 2.35. The highest BCUT2D eigenvalue weighted by atomic mass is 19.2. The van der Waals surface area contributed by atoms with Crippen molar-refractivity contribution in [1.29, 1.82) is 0 Å². The van der Waals surface area contributed by atoms with E-state index in [0.29, 0.717) is 0 Å². The van der Waals surface area contributed by atoms with E-state index in [4.69, 9.17) is 4.74 Å². The molecule has 1 aliphatic carbocycles. The maximum Gasteiger partial charge on any atom is 0.204 e. The maximum absolute atomic E-state index is 14.0. The summed E-state index contributed by atoms with van der Waals surface area (Å²) in [5.74, 6) is -6.58. The van der Waals surface area contributed by atoms with Crippen LogP contribution in [0.3, 0.4) is 0 Å². The van der Waals surface area contributed by atoms with Gasteiger partial charge in [-0.25, -0.2) is 8.78 Å². The summed E-state index contributed by atoms with van der Waals surface area (Å²) in [4.78, 5) is 0. The van der Waals surface area contributed by atoms with Gasteiger partial charge in [-0.2, -0.15) is 8.78 Å². The summed E-state index contributed by atoms with van der Waals surface area (Å²) in [6.45, 7) is 3.43. The second-order valence-corrected chi connectivity index (χ2v) is 6.42. The van der Waals surface area contributed by atoms with Crippen molar-refractivity contribution in [3.63, 3.8) is 0 Å². The van der Waals surface area contributed by atoms with Crippen LogP contribution in [-0.4, -0.2) is 6.61 Å². The zero-order valence-electron chi connectivity index (χ0n) is 13.5. The van der Waals surface area contributed by atoms with E-state index in [1.54, 1.807) is 0 Å². The molecule has 0 N–H and O–H groups in total. The van der Waals surface area contributed by atoms with Crippen molar-refractivity contribution in [3.8, 4) is 5.75 Å². The Kier molecular flexibility index (Phi) is 5.71. The summed E-state index contributed by atoms with van der Waals surface area (Å²) in [5.41, 5.74) is -0.866. The molecule has 1 aliphatic rings. The molecule has 1 atom stereocenters. The third kappa shape index (κ3) is 3.88. The molecule has 1 nitrogen and oxygen atoms in total. The quantitative estimate of drug-likeness (QED) is 0.390. The summed E-state index contributed by atoms with van der Waals surface area (Å²) in [6.07, 6.45) is 8.44. The van der Waals surface area contributed by atoms with Crippen LogP contribution in [0.2, 0.25) is 0 Å². The van der Waals surface area contributed by atoms with Crippen LogP contribution in [0.1, 0.15) is 51.5 Å². The van der Waals surface area contributed by atoms with Gasteiger partial charge in [-0.3, -0.25) is 0 Å². The number of rotatable bonds is 4. The smallest absolute Gasteiger partial charge is 0.204 e.